The van der Waals surface area contributed by atoms with E-state index in [2.05, 4.69) is 10.5 Å². The van der Waals surface area contributed by atoms with Crippen LogP contribution in [-0.4, -0.2) is 30.9 Å². The van der Waals surface area contributed by atoms with Gasteiger partial charge in [-0.15, -0.1) is 0 Å². The molecule has 2 N–H and O–H groups in total. The lowest BCUT2D eigenvalue weighted by atomic mass is 10.2. The third-order valence-electron chi connectivity index (χ3n) is 3.31. The zero-order valence-corrected chi connectivity index (χ0v) is 15.5. The molecule has 0 aliphatic carbocycles. The van der Waals surface area contributed by atoms with Crippen LogP contribution in [0.25, 0.3) is 0 Å². The number of ether oxygens (including phenoxy) is 2. The van der Waals surface area contributed by atoms with Crippen LogP contribution in [0, 0.1) is 0 Å². The van der Waals surface area contributed by atoms with Gasteiger partial charge in [-0.2, -0.15) is 5.10 Å². The standard InChI is InChI=1S/C18H18Cl2N2O4/c1-25-17-6-4-12(9-15(17)23)11-21-22-18(24)3-2-8-26-16-7-5-13(19)10-14(16)20/h4-7,9-11,23H,2-3,8H2,1H3,(H,22,24). The van der Waals surface area contributed by atoms with E-state index in [4.69, 9.17) is 32.7 Å². The van der Waals surface area contributed by atoms with Crippen LogP contribution in [0.3, 0.4) is 0 Å². The molecule has 0 spiro atoms. The number of rotatable bonds is 8. The van der Waals surface area contributed by atoms with Crippen LogP contribution in [0.15, 0.2) is 41.5 Å². The van der Waals surface area contributed by atoms with E-state index in [9.17, 15) is 9.90 Å². The molecule has 0 aliphatic rings. The van der Waals surface area contributed by atoms with Gasteiger partial charge in [0, 0.05) is 11.4 Å². The first-order chi connectivity index (χ1) is 12.5. The highest BCUT2D eigenvalue weighted by Crippen LogP contribution is 2.27. The minimum atomic E-state index is -0.246. The van der Waals surface area contributed by atoms with Crippen molar-refractivity contribution in [2.45, 2.75) is 12.8 Å². The van der Waals surface area contributed by atoms with Gasteiger partial charge in [0.15, 0.2) is 11.5 Å². The molecule has 0 heterocycles. The number of carbonyl (C=O) groups excluding carboxylic acids is 1. The summed E-state index contributed by atoms with van der Waals surface area (Å²) in [6, 6.07) is 9.76. The summed E-state index contributed by atoms with van der Waals surface area (Å²) in [4.78, 5) is 11.7. The summed E-state index contributed by atoms with van der Waals surface area (Å²) in [5.74, 6) is 0.645. The molecule has 1 amide bonds. The Balaban J connectivity index is 1.71. The van der Waals surface area contributed by atoms with E-state index >= 15 is 0 Å². The lowest BCUT2D eigenvalue weighted by molar-refractivity contribution is -0.121. The van der Waals surface area contributed by atoms with Crippen LogP contribution < -0.4 is 14.9 Å². The summed E-state index contributed by atoms with van der Waals surface area (Å²) < 4.78 is 10.5. The summed E-state index contributed by atoms with van der Waals surface area (Å²) in [6.45, 7) is 0.338. The number of aromatic hydroxyl groups is 1. The van der Waals surface area contributed by atoms with Gasteiger partial charge < -0.3 is 14.6 Å². The van der Waals surface area contributed by atoms with Gasteiger partial charge in [0.2, 0.25) is 5.91 Å². The fourth-order valence-corrected chi connectivity index (χ4v) is 2.49. The van der Waals surface area contributed by atoms with E-state index < -0.39 is 0 Å². The number of nitrogens with one attached hydrogen (secondary N) is 1. The molecule has 26 heavy (non-hydrogen) atoms. The lowest BCUT2D eigenvalue weighted by Crippen LogP contribution is -2.18. The number of carbonyl (C=O) groups is 1. The quantitative estimate of drug-likeness (QED) is 0.401. The molecule has 0 bridgehead atoms. The van der Waals surface area contributed by atoms with Gasteiger partial charge in [-0.25, -0.2) is 5.43 Å². The van der Waals surface area contributed by atoms with Crippen LogP contribution >= 0.6 is 23.2 Å². The lowest BCUT2D eigenvalue weighted by Gasteiger charge is -2.07. The Kier molecular flexibility index (Phi) is 7.56. The van der Waals surface area contributed by atoms with Gasteiger partial charge in [0.1, 0.15) is 5.75 Å². The number of hydrazone groups is 1. The van der Waals surface area contributed by atoms with Gasteiger partial charge in [0.05, 0.1) is 25.0 Å². The molecule has 0 radical (unpaired) electrons. The van der Waals surface area contributed by atoms with Gasteiger partial charge in [-0.05, 0) is 48.4 Å². The average molecular weight is 397 g/mol. The maximum absolute atomic E-state index is 11.7. The van der Waals surface area contributed by atoms with Crippen LogP contribution in [0.5, 0.6) is 17.2 Å². The molecule has 8 heteroatoms. The minimum Gasteiger partial charge on any atom is -0.504 e. The Morgan fingerprint density at radius 1 is 1.23 bits per heavy atom. The molecule has 0 saturated carbocycles. The molecule has 6 nitrogen and oxygen atoms in total. The van der Waals surface area contributed by atoms with Crippen LogP contribution in [0.1, 0.15) is 18.4 Å². The fourth-order valence-electron chi connectivity index (χ4n) is 2.03. The molecule has 0 aromatic heterocycles. The van der Waals surface area contributed by atoms with Crippen LogP contribution in [0.4, 0.5) is 0 Å². The molecule has 0 atom stereocenters. The van der Waals surface area contributed by atoms with Crippen molar-refractivity contribution in [1.82, 2.24) is 5.43 Å². The highest BCUT2D eigenvalue weighted by atomic mass is 35.5. The molecular formula is C18H18Cl2N2O4. The number of amides is 1. The number of phenols is 1. The van der Waals surface area contributed by atoms with E-state index in [0.717, 1.165) is 0 Å². The first-order valence-corrected chi connectivity index (χ1v) is 8.52. The number of nitrogens with zero attached hydrogens (tertiary/aromatic N) is 1. The molecule has 0 fully saturated rings. The second-order valence-corrected chi connectivity index (χ2v) is 6.09. The van der Waals surface area contributed by atoms with Gasteiger partial charge in [0.25, 0.3) is 0 Å². The first-order valence-electron chi connectivity index (χ1n) is 7.76. The maximum atomic E-state index is 11.7. The zero-order chi connectivity index (χ0) is 18.9. The van der Waals surface area contributed by atoms with Crippen molar-refractivity contribution in [2.75, 3.05) is 13.7 Å². The average Bonchev–Trinajstić information content (AvgIpc) is 2.60. The largest absolute Gasteiger partial charge is 0.504 e. The van der Waals surface area contributed by atoms with Gasteiger partial charge in [-0.1, -0.05) is 23.2 Å². The second-order valence-electron chi connectivity index (χ2n) is 5.25. The summed E-state index contributed by atoms with van der Waals surface area (Å²) in [5.41, 5.74) is 3.04. The number of benzene rings is 2. The number of hydrogen-bond acceptors (Lipinski definition) is 5. The number of halogens is 2. The Morgan fingerprint density at radius 2 is 2.00 bits per heavy atom. The molecule has 2 aromatic rings. The third kappa shape index (κ3) is 6.13. The number of phenolic OH excluding ortho intramolecular Hbond substituents is 1. The summed E-state index contributed by atoms with van der Waals surface area (Å²) >= 11 is 11.8. The smallest absolute Gasteiger partial charge is 0.240 e. The SMILES string of the molecule is COc1ccc(C=NNC(=O)CCCOc2ccc(Cl)cc2Cl)cc1O. The molecule has 2 rings (SSSR count). The van der Waals surface area contributed by atoms with Crippen molar-refractivity contribution in [1.29, 1.82) is 0 Å². The predicted octanol–water partition coefficient (Wildman–Crippen LogP) is 4.02. The van der Waals surface area contributed by atoms with Gasteiger partial charge >= 0.3 is 0 Å². The van der Waals surface area contributed by atoms with Crippen molar-refractivity contribution in [3.05, 3.63) is 52.0 Å². The van der Waals surface area contributed by atoms with Crippen LogP contribution in [0.2, 0.25) is 10.0 Å². The molecule has 2 aromatic carbocycles. The van der Waals surface area contributed by atoms with Crippen molar-refractivity contribution < 1.29 is 19.4 Å². The summed E-state index contributed by atoms with van der Waals surface area (Å²) in [6.07, 6.45) is 2.18. The van der Waals surface area contributed by atoms with Gasteiger partial charge in [-0.3, -0.25) is 4.79 Å². The molecule has 0 saturated heterocycles. The van der Waals surface area contributed by atoms with E-state index in [1.807, 2.05) is 0 Å². The summed E-state index contributed by atoms with van der Waals surface area (Å²) in [5, 5.41) is 14.5. The third-order valence-corrected chi connectivity index (χ3v) is 3.84. The van der Waals surface area contributed by atoms with E-state index in [1.165, 1.54) is 19.4 Å². The molecule has 138 valence electrons. The Hall–Kier alpha value is -2.44. The van der Waals surface area contributed by atoms with E-state index in [1.54, 1.807) is 30.3 Å². The molecular weight excluding hydrogens is 379 g/mol. The highest BCUT2D eigenvalue weighted by molar-refractivity contribution is 6.35. The van der Waals surface area contributed by atoms with Crippen molar-refractivity contribution in [3.8, 4) is 17.2 Å². The Labute approximate surface area is 161 Å². The topological polar surface area (TPSA) is 80.2 Å². The van der Waals surface area contributed by atoms with E-state index in [-0.39, 0.29) is 18.1 Å². The van der Waals surface area contributed by atoms with Crippen LogP contribution in [-0.2, 0) is 4.79 Å². The van der Waals surface area contributed by atoms with Crippen molar-refractivity contribution in [3.63, 3.8) is 0 Å². The number of hydrogen-bond donors (Lipinski definition) is 2. The minimum absolute atomic E-state index is 0.000727. The maximum Gasteiger partial charge on any atom is 0.240 e. The highest BCUT2D eigenvalue weighted by Gasteiger charge is 2.04. The van der Waals surface area contributed by atoms with E-state index in [0.29, 0.717) is 40.1 Å². The number of methoxy groups -OCH3 is 1. The van der Waals surface area contributed by atoms with Crippen molar-refractivity contribution >= 4 is 35.3 Å². The second kappa shape index (κ2) is 9.89. The normalized spacial score (nSPS) is 10.7. The molecule has 0 aliphatic heterocycles. The predicted molar refractivity (Wildman–Crippen MR) is 102 cm³/mol. The summed E-state index contributed by atoms with van der Waals surface area (Å²) in [7, 11) is 1.47. The Morgan fingerprint density at radius 3 is 2.69 bits per heavy atom. The monoisotopic (exact) mass is 396 g/mol. The van der Waals surface area contributed by atoms with Crippen molar-refractivity contribution in [2.24, 2.45) is 5.10 Å². The Bertz CT molecular complexity index is 797. The fraction of sp³-hybridized carbons (Fsp3) is 0.222. The first kappa shape index (κ1) is 19.9. The zero-order valence-electron chi connectivity index (χ0n) is 14.0. The molecule has 0 unspecified atom stereocenters.